The molecular formula is C17H23N5OS2. The van der Waals surface area contributed by atoms with Crippen LogP contribution in [-0.2, 0) is 4.74 Å². The smallest absolute Gasteiger partial charge is 0.207 e. The van der Waals surface area contributed by atoms with Crippen molar-refractivity contribution in [1.82, 2.24) is 10.6 Å². The number of nitrogens with one attached hydrogen (secondary N) is 2. The topological polar surface area (TPSA) is 84.0 Å². The van der Waals surface area contributed by atoms with E-state index >= 15 is 0 Å². The molecule has 0 radical (unpaired) electrons. The van der Waals surface area contributed by atoms with Crippen molar-refractivity contribution >= 4 is 40.0 Å². The lowest BCUT2D eigenvalue weighted by molar-refractivity contribution is 0.391. The van der Waals surface area contributed by atoms with Gasteiger partial charge in [-0.05, 0) is 25.3 Å². The quantitative estimate of drug-likeness (QED) is 0.651. The summed E-state index contributed by atoms with van der Waals surface area (Å²) in [4.78, 5) is 9.57. The summed E-state index contributed by atoms with van der Waals surface area (Å²) >= 11 is 7.13. The van der Waals surface area contributed by atoms with Gasteiger partial charge < -0.3 is 21.1 Å². The van der Waals surface area contributed by atoms with Crippen LogP contribution in [0.2, 0.25) is 0 Å². The van der Waals surface area contributed by atoms with Crippen LogP contribution in [-0.4, -0.2) is 47.0 Å². The molecule has 25 heavy (non-hydrogen) atoms. The number of ether oxygens (including phenoxy) is 1. The summed E-state index contributed by atoms with van der Waals surface area (Å²) in [6.45, 7) is 2.68. The average Bonchev–Trinajstić information content (AvgIpc) is 2.62. The Bertz CT molecular complexity index is 710. The molecule has 3 aliphatic rings. The van der Waals surface area contributed by atoms with E-state index in [2.05, 4.69) is 45.8 Å². The normalized spacial score (nSPS) is 28.8. The minimum absolute atomic E-state index is 0.130. The molecule has 0 amide bonds. The zero-order valence-electron chi connectivity index (χ0n) is 14.4. The van der Waals surface area contributed by atoms with Gasteiger partial charge in [0.15, 0.2) is 5.17 Å². The number of hydrogen-bond acceptors (Lipinski definition) is 7. The zero-order chi connectivity index (χ0) is 17.9. The third-order valence-corrected chi connectivity index (χ3v) is 5.58. The molecule has 2 heterocycles. The van der Waals surface area contributed by atoms with E-state index in [4.69, 9.17) is 22.7 Å². The molecule has 0 saturated carbocycles. The molecule has 134 valence electrons. The van der Waals surface area contributed by atoms with E-state index in [1.165, 1.54) is 5.57 Å². The molecule has 0 aromatic rings. The molecule has 0 bridgehead atoms. The Labute approximate surface area is 157 Å². The molecule has 2 atom stereocenters. The van der Waals surface area contributed by atoms with Gasteiger partial charge in [-0.15, -0.1) is 0 Å². The number of hydrogen-bond donors (Lipinski definition) is 3. The van der Waals surface area contributed by atoms with Crippen molar-refractivity contribution < 1.29 is 4.74 Å². The minimum Gasteiger partial charge on any atom is -0.483 e. The first-order valence-electron chi connectivity index (χ1n) is 8.23. The summed E-state index contributed by atoms with van der Waals surface area (Å²) in [6, 6.07) is 0.130. The molecule has 2 aliphatic heterocycles. The largest absolute Gasteiger partial charge is 0.483 e. The summed E-state index contributed by atoms with van der Waals surface area (Å²) in [7, 11) is 1.61. The fraction of sp³-hybridized carbons (Fsp3) is 0.471. The number of aliphatic imine (C=N–C) groups is 2. The minimum atomic E-state index is -0.256. The molecule has 6 nitrogen and oxygen atoms in total. The predicted molar refractivity (Wildman–Crippen MR) is 109 cm³/mol. The van der Waals surface area contributed by atoms with Crippen LogP contribution in [0, 0.1) is 0 Å². The Morgan fingerprint density at radius 2 is 2.40 bits per heavy atom. The number of thiocarbonyl (C=S) groups is 1. The number of nitrogens with zero attached hydrogens (tertiary/aromatic N) is 2. The zero-order valence-corrected chi connectivity index (χ0v) is 16.0. The first-order valence-corrected chi connectivity index (χ1v) is 9.62. The van der Waals surface area contributed by atoms with Crippen molar-refractivity contribution in [2.24, 2.45) is 15.7 Å². The summed E-state index contributed by atoms with van der Waals surface area (Å²) < 4.78 is 5.11. The summed E-state index contributed by atoms with van der Waals surface area (Å²) in [5.74, 6) is 1.64. The number of methoxy groups -OCH3 is 1. The van der Waals surface area contributed by atoms with Crippen molar-refractivity contribution in [3.63, 3.8) is 0 Å². The Morgan fingerprint density at radius 3 is 3.08 bits per heavy atom. The molecule has 2 unspecified atom stereocenters. The molecule has 0 aromatic heterocycles. The molecule has 4 N–H and O–H groups in total. The molecule has 0 spiro atoms. The van der Waals surface area contributed by atoms with E-state index < -0.39 is 0 Å². The maximum atomic E-state index is 5.94. The van der Waals surface area contributed by atoms with Gasteiger partial charge in [0.1, 0.15) is 4.99 Å². The van der Waals surface area contributed by atoms with Crippen molar-refractivity contribution in [2.45, 2.75) is 31.3 Å². The van der Waals surface area contributed by atoms with Gasteiger partial charge in [0.2, 0.25) is 5.90 Å². The van der Waals surface area contributed by atoms with Gasteiger partial charge in [0, 0.05) is 11.8 Å². The Kier molecular flexibility index (Phi) is 5.48. The van der Waals surface area contributed by atoms with Crippen LogP contribution < -0.4 is 16.4 Å². The molecule has 1 aliphatic carbocycles. The fourth-order valence-corrected chi connectivity index (χ4v) is 4.20. The van der Waals surface area contributed by atoms with Crippen LogP contribution in [0.5, 0.6) is 0 Å². The summed E-state index contributed by atoms with van der Waals surface area (Å²) in [5.41, 5.74) is 7.68. The number of nitrogens with two attached hydrogens (primary N) is 1. The van der Waals surface area contributed by atoms with Crippen LogP contribution in [0.15, 0.2) is 45.7 Å². The molecule has 8 heteroatoms. The van der Waals surface area contributed by atoms with Gasteiger partial charge in [-0.2, -0.15) is 0 Å². The highest BCUT2D eigenvalue weighted by atomic mass is 32.2. The maximum Gasteiger partial charge on any atom is 0.207 e. The maximum absolute atomic E-state index is 5.94. The third kappa shape index (κ3) is 4.24. The SMILES string of the molecule is COC1=NC=C(C(=S)NC2C=C(C3(C)CCSC(N)=N3)C=CC2)NC1. The lowest BCUT2D eigenvalue weighted by Crippen LogP contribution is -2.41. The van der Waals surface area contributed by atoms with Crippen molar-refractivity contribution in [2.75, 3.05) is 19.4 Å². The molecular weight excluding hydrogens is 354 g/mol. The lowest BCUT2D eigenvalue weighted by atomic mass is 9.85. The highest BCUT2D eigenvalue weighted by Crippen LogP contribution is 2.34. The van der Waals surface area contributed by atoms with Gasteiger partial charge in [0.05, 0.1) is 31.1 Å². The highest BCUT2D eigenvalue weighted by Gasteiger charge is 2.32. The standard InChI is InChI=1S/C17H23N5OS2/c1-17(6-7-25-16(18)22-17)11-4-3-5-12(8-11)21-15(24)13-9-20-14(23-2)10-19-13/h3-4,8-9,12,19H,5-7,10H2,1-2H3,(H2,18,22)(H,21,24). The summed E-state index contributed by atoms with van der Waals surface area (Å²) in [5, 5.41) is 7.28. The molecule has 0 fully saturated rings. The first kappa shape index (κ1) is 18.0. The van der Waals surface area contributed by atoms with Crippen LogP contribution >= 0.6 is 24.0 Å². The van der Waals surface area contributed by atoms with E-state index in [-0.39, 0.29) is 11.6 Å². The first-order chi connectivity index (χ1) is 12.0. The molecule has 3 rings (SSSR count). The Hall–Kier alpha value is -1.80. The highest BCUT2D eigenvalue weighted by molar-refractivity contribution is 8.13. The Balaban J connectivity index is 1.70. The third-order valence-electron chi connectivity index (χ3n) is 4.45. The number of amidine groups is 1. The fourth-order valence-electron chi connectivity index (χ4n) is 2.94. The monoisotopic (exact) mass is 377 g/mol. The van der Waals surface area contributed by atoms with Crippen molar-refractivity contribution in [3.05, 3.63) is 35.7 Å². The van der Waals surface area contributed by atoms with E-state index in [0.717, 1.165) is 24.3 Å². The lowest BCUT2D eigenvalue weighted by Gasteiger charge is -2.33. The average molecular weight is 378 g/mol. The Morgan fingerprint density at radius 1 is 1.56 bits per heavy atom. The summed E-state index contributed by atoms with van der Waals surface area (Å²) in [6.07, 6.45) is 10.1. The number of rotatable bonds is 3. The van der Waals surface area contributed by atoms with E-state index in [9.17, 15) is 0 Å². The molecule has 0 aromatic carbocycles. The van der Waals surface area contributed by atoms with Gasteiger partial charge in [-0.3, -0.25) is 4.99 Å². The van der Waals surface area contributed by atoms with E-state index in [1.54, 1.807) is 25.1 Å². The van der Waals surface area contributed by atoms with Crippen LogP contribution in [0.4, 0.5) is 0 Å². The van der Waals surface area contributed by atoms with Crippen molar-refractivity contribution in [1.29, 1.82) is 0 Å². The van der Waals surface area contributed by atoms with Gasteiger partial charge in [0.25, 0.3) is 0 Å². The molecule has 0 saturated heterocycles. The number of thioether (sulfide) groups is 1. The second kappa shape index (κ2) is 7.61. The van der Waals surface area contributed by atoms with E-state index in [1.807, 2.05) is 0 Å². The van der Waals surface area contributed by atoms with Gasteiger partial charge in [-0.1, -0.05) is 42.2 Å². The van der Waals surface area contributed by atoms with Gasteiger partial charge >= 0.3 is 0 Å². The van der Waals surface area contributed by atoms with Crippen molar-refractivity contribution in [3.8, 4) is 0 Å². The van der Waals surface area contributed by atoms with E-state index in [0.29, 0.717) is 22.6 Å². The second-order valence-corrected chi connectivity index (χ2v) is 7.81. The predicted octanol–water partition coefficient (Wildman–Crippen LogP) is 1.86. The van der Waals surface area contributed by atoms with Gasteiger partial charge in [-0.25, -0.2) is 4.99 Å². The van der Waals surface area contributed by atoms with Crippen LogP contribution in [0.25, 0.3) is 0 Å². The van der Waals surface area contributed by atoms with Crippen LogP contribution in [0.3, 0.4) is 0 Å². The second-order valence-electron chi connectivity index (χ2n) is 6.29. The van der Waals surface area contributed by atoms with Crippen LogP contribution in [0.1, 0.15) is 19.8 Å².